The summed E-state index contributed by atoms with van der Waals surface area (Å²) < 4.78 is 16.7. The van der Waals surface area contributed by atoms with Crippen LogP contribution in [0.3, 0.4) is 0 Å². The first-order chi connectivity index (χ1) is 6.89. The average Bonchev–Trinajstić information content (AvgIpc) is 2.54. The highest BCUT2D eigenvalue weighted by Gasteiger charge is 2.47. The smallest absolute Gasteiger partial charge is 0.309 e. The van der Waals surface area contributed by atoms with E-state index in [1.165, 1.54) is 0 Å². The maximum Gasteiger partial charge on any atom is 0.309 e. The van der Waals surface area contributed by atoms with Crippen molar-refractivity contribution in [2.24, 2.45) is 5.92 Å². The summed E-state index contributed by atoms with van der Waals surface area (Å²) in [5, 5.41) is 0. The van der Waals surface area contributed by atoms with E-state index in [-0.39, 0.29) is 30.2 Å². The molecule has 1 unspecified atom stereocenters. The normalized spacial score (nSPS) is 44.4. The Hall–Kier alpha value is -0.610. The second-order valence-corrected chi connectivity index (χ2v) is 4.92. The van der Waals surface area contributed by atoms with Crippen molar-refractivity contribution in [3.63, 3.8) is 0 Å². The van der Waals surface area contributed by atoms with E-state index in [0.717, 1.165) is 6.42 Å². The van der Waals surface area contributed by atoms with Crippen molar-refractivity contribution < 1.29 is 19.0 Å². The molecule has 4 atom stereocenters. The van der Waals surface area contributed by atoms with Crippen LogP contribution in [0.5, 0.6) is 0 Å². The molecule has 0 saturated carbocycles. The molecule has 86 valence electrons. The van der Waals surface area contributed by atoms with Crippen molar-refractivity contribution in [1.82, 2.24) is 0 Å². The van der Waals surface area contributed by atoms with Gasteiger partial charge in [0.15, 0.2) is 5.79 Å². The first-order valence-electron chi connectivity index (χ1n) is 5.45. The third-order valence-electron chi connectivity index (χ3n) is 2.97. The molecular weight excluding hydrogens is 196 g/mol. The van der Waals surface area contributed by atoms with Gasteiger partial charge in [-0.1, -0.05) is 6.92 Å². The number of ether oxygens (including phenoxy) is 3. The predicted molar refractivity (Wildman–Crippen MR) is 53.2 cm³/mol. The average molecular weight is 214 g/mol. The van der Waals surface area contributed by atoms with Gasteiger partial charge in [-0.3, -0.25) is 4.79 Å². The Morgan fingerprint density at radius 1 is 1.27 bits per heavy atom. The van der Waals surface area contributed by atoms with Crippen molar-refractivity contribution in [1.29, 1.82) is 0 Å². The Bertz CT molecular complexity index is 274. The number of carbonyl (C=O) groups excluding carboxylic acids is 1. The van der Waals surface area contributed by atoms with E-state index in [0.29, 0.717) is 0 Å². The molecule has 0 aromatic rings. The molecule has 2 aliphatic heterocycles. The summed E-state index contributed by atoms with van der Waals surface area (Å²) in [4.78, 5) is 11.3. The molecule has 0 radical (unpaired) electrons. The third kappa shape index (κ3) is 2.01. The van der Waals surface area contributed by atoms with Crippen LogP contribution in [0.1, 0.15) is 34.1 Å². The summed E-state index contributed by atoms with van der Waals surface area (Å²) in [6, 6.07) is 0. The van der Waals surface area contributed by atoms with Crippen LogP contribution in [0.2, 0.25) is 0 Å². The standard InChI is InChI=1S/C11H18O4/c1-6-5-8(13-10(6)12)9-7(2)14-11(3,4)15-9/h6-9H,5H2,1-4H3/t6-,7+,8?,9+/m0/s1. The lowest BCUT2D eigenvalue weighted by Crippen LogP contribution is -2.33. The van der Waals surface area contributed by atoms with Gasteiger partial charge in [-0.2, -0.15) is 0 Å². The molecule has 2 fully saturated rings. The Morgan fingerprint density at radius 3 is 2.33 bits per heavy atom. The van der Waals surface area contributed by atoms with Gasteiger partial charge in [-0.15, -0.1) is 0 Å². The van der Waals surface area contributed by atoms with Crippen LogP contribution in [0.25, 0.3) is 0 Å². The van der Waals surface area contributed by atoms with E-state index in [1.54, 1.807) is 0 Å². The molecule has 0 N–H and O–H groups in total. The van der Waals surface area contributed by atoms with Crippen LogP contribution >= 0.6 is 0 Å². The molecule has 2 rings (SSSR count). The van der Waals surface area contributed by atoms with E-state index in [1.807, 2.05) is 27.7 Å². The molecule has 15 heavy (non-hydrogen) atoms. The number of hydrogen-bond donors (Lipinski definition) is 0. The zero-order valence-electron chi connectivity index (χ0n) is 9.65. The molecule has 0 aromatic carbocycles. The monoisotopic (exact) mass is 214 g/mol. The van der Waals surface area contributed by atoms with E-state index in [9.17, 15) is 4.79 Å². The third-order valence-corrected chi connectivity index (χ3v) is 2.97. The van der Waals surface area contributed by atoms with Crippen LogP contribution < -0.4 is 0 Å². The van der Waals surface area contributed by atoms with Crippen molar-refractivity contribution in [2.45, 2.75) is 58.2 Å². The van der Waals surface area contributed by atoms with Gasteiger partial charge in [0.25, 0.3) is 0 Å². The summed E-state index contributed by atoms with van der Waals surface area (Å²) in [5.41, 5.74) is 0. The van der Waals surface area contributed by atoms with Gasteiger partial charge in [0.05, 0.1) is 12.0 Å². The Balaban J connectivity index is 2.04. The summed E-state index contributed by atoms with van der Waals surface area (Å²) in [6.07, 6.45) is 0.425. The lowest BCUT2D eigenvalue weighted by atomic mass is 10.0. The minimum atomic E-state index is -0.567. The lowest BCUT2D eigenvalue weighted by molar-refractivity contribution is -0.163. The number of hydrogen-bond acceptors (Lipinski definition) is 4. The SMILES string of the molecule is C[C@H]1CC([C@@H]2OC(C)(C)O[C@@H]2C)OC1=O. The van der Waals surface area contributed by atoms with E-state index in [2.05, 4.69) is 0 Å². The largest absolute Gasteiger partial charge is 0.459 e. The van der Waals surface area contributed by atoms with Crippen molar-refractivity contribution in [3.8, 4) is 0 Å². The molecule has 0 bridgehead atoms. The minimum absolute atomic E-state index is 0.0190. The zero-order valence-corrected chi connectivity index (χ0v) is 9.65. The van der Waals surface area contributed by atoms with Crippen LogP contribution in [0.15, 0.2) is 0 Å². The molecule has 0 aromatic heterocycles. The first-order valence-corrected chi connectivity index (χ1v) is 5.45. The van der Waals surface area contributed by atoms with Crippen molar-refractivity contribution >= 4 is 5.97 Å². The maximum absolute atomic E-state index is 11.3. The van der Waals surface area contributed by atoms with E-state index < -0.39 is 5.79 Å². The molecule has 0 aliphatic carbocycles. The number of cyclic esters (lactones) is 1. The molecule has 2 heterocycles. The second kappa shape index (κ2) is 3.46. The quantitative estimate of drug-likeness (QED) is 0.620. The highest BCUT2D eigenvalue weighted by Crippen LogP contribution is 2.35. The summed E-state index contributed by atoms with van der Waals surface area (Å²) in [5.74, 6) is -0.711. The molecule has 2 aliphatic rings. The fraction of sp³-hybridized carbons (Fsp3) is 0.909. The zero-order chi connectivity index (χ0) is 11.2. The molecule has 2 saturated heterocycles. The second-order valence-electron chi connectivity index (χ2n) is 4.92. The molecule has 4 nitrogen and oxygen atoms in total. The summed E-state index contributed by atoms with van der Waals surface area (Å²) in [7, 11) is 0. The molecular formula is C11H18O4. The van der Waals surface area contributed by atoms with Gasteiger partial charge in [-0.25, -0.2) is 0 Å². The topological polar surface area (TPSA) is 44.8 Å². The van der Waals surface area contributed by atoms with E-state index >= 15 is 0 Å². The van der Waals surface area contributed by atoms with Crippen LogP contribution in [-0.2, 0) is 19.0 Å². The van der Waals surface area contributed by atoms with E-state index in [4.69, 9.17) is 14.2 Å². The van der Waals surface area contributed by atoms with Crippen molar-refractivity contribution in [3.05, 3.63) is 0 Å². The number of esters is 1. The van der Waals surface area contributed by atoms with Gasteiger partial charge >= 0.3 is 5.97 Å². The summed E-state index contributed by atoms with van der Waals surface area (Å²) in [6.45, 7) is 7.59. The molecule has 0 amide bonds. The van der Waals surface area contributed by atoms with Gasteiger partial charge in [0.2, 0.25) is 0 Å². The Morgan fingerprint density at radius 2 is 1.93 bits per heavy atom. The number of carbonyl (C=O) groups is 1. The molecule has 0 spiro atoms. The predicted octanol–water partition coefficient (Wildman–Crippen LogP) is 1.48. The van der Waals surface area contributed by atoms with Gasteiger partial charge in [0.1, 0.15) is 12.2 Å². The summed E-state index contributed by atoms with van der Waals surface area (Å²) >= 11 is 0. The van der Waals surface area contributed by atoms with Gasteiger partial charge in [-0.05, 0) is 20.8 Å². The highest BCUT2D eigenvalue weighted by molar-refractivity contribution is 5.74. The van der Waals surface area contributed by atoms with Crippen LogP contribution in [0, 0.1) is 5.92 Å². The fourth-order valence-electron chi connectivity index (χ4n) is 2.30. The fourth-order valence-corrected chi connectivity index (χ4v) is 2.30. The maximum atomic E-state index is 11.3. The Labute approximate surface area is 89.9 Å². The Kier molecular flexibility index (Phi) is 2.51. The van der Waals surface area contributed by atoms with Crippen LogP contribution in [0.4, 0.5) is 0 Å². The number of rotatable bonds is 1. The van der Waals surface area contributed by atoms with Gasteiger partial charge in [0, 0.05) is 6.42 Å². The highest BCUT2D eigenvalue weighted by atomic mass is 16.8. The minimum Gasteiger partial charge on any atom is -0.459 e. The van der Waals surface area contributed by atoms with Crippen molar-refractivity contribution in [2.75, 3.05) is 0 Å². The lowest BCUT2D eigenvalue weighted by Gasteiger charge is -2.20. The van der Waals surface area contributed by atoms with Gasteiger partial charge < -0.3 is 14.2 Å². The first kappa shape index (κ1) is 10.9. The molecule has 4 heteroatoms. The van der Waals surface area contributed by atoms with Crippen LogP contribution in [-0.4, -0.2) is 30.1 Å².